The number of esters is 1. The molecule has 0 aliphatic carbocycles. The number of carbonyl (C=O) groups is 2. The van der Waals surface area contributed by atoms with Crippen LogP contribution in [0.2, 0.25) is 0 Å². The summed E-state index contributed by atoms with van der Waals surface area (Å²) < 4.78 is 5.25. The Morgan fingerprint density at radius 2 is 1.56 bits per heavy atom. The molecule has 0 aliphatic heterocycles. The largest absolute Gasteiger partial charge is 0.458 e. The van der Waals surface area contributed by atoms with Crippen LogP contribution in [-0.4, -0.2) is 29.1 Å². The van der Waals surface area contributed by atoms with Crippen LogP contribution < -0.4 is 11.1 Å². The Hall–Kier alpha value is -1.10. The van der Waals surface area contributed by atoms with E-state index in [0.717, 1.165) is 0 Å². The lowest BCUT2D eigenvalue weighted by Crippen LogP contribution is -2.57. The predicted octanol–water partition coefficient (Wildman–Crippen LogP) is 1.21. The number of amides is 1. The second kappa shape index (κ2) is 5.69. The maximum absolute atomic E-state index is 11.9. The van der Waals surface area contributed by atoms with Crippen LogP contribution in [0.4, 0.5) is 0 Å². The van der Waals surface area contributed by atoms with Crippen LogP contribution in [0.15, 0.2) is 0 Å². The first-order valence-corrected chi connectivity index (χ1v) is 6.18. The second-order valence-electron chi connectivity index (χ2n) is 6.39. The van der Waals surface area contributed by atoms with Crippen molar-refractivity contribution in [3.8, 4) is 0 Å². The molecule has 3 N–H and O–H groups in total. The molecule has 0 bridgehead atoms. The van der Waals surface area contributed by atoms with E-state index in [1.54, 1.807) is 34.6 Å². The van der Waals surface area contributed by atoms with Crippen LogP contribution in [0.5, 0.6) is 0 Å². The van der Waals surface area contributed by atoms with Crippen LogP contribution in [0.25, 0.3) is 0 Å². The minimum absolute atomic E-state index is 0.0134. The van der Waals surface area contributed by atoms with Crippen molar-refractivity contribution >= 4 is 11.9 Å². The van der Waals surface area contributed by atoms with Crippen LogP contribution in [0.3, 0.4) is 0 Å². The topological polar surface area (TPSA) is 81.4 Å². The number of nitrogens with one attached hydrogen (secondary N) is 1. The normalized spacial score (nSPS) is 14.3. The molecule has 0 saturated carbocycles. The average Bonchev–Trinajstić information content (AvgIpc) is 2.12. The molecule has 0 saturated heterocycles. The minimum atomic E-state index is -1.09. The fourth-order valence-electron chi connectivity index (χ4n) is 1.15. The molecule has 1 atom stereocenters. The van der Waals surface area contributed by atoms with Gasteiger partial charge in [0.25, 0.3) is 0 Å². The van der Waals surface area contributed by atoms with Crippen molar-refractivity contribution in [1.82, 2.24) is 5.32 Å². The van der Waals surface area contributed by atoms with Crippen molar-refractivity contribution in [2.24, 2.45) is 11.7 Å². The lowest BCUT2D eigenvalue weighted by molar-refractivity contribution is -0.163. The molecule has 0 aromatic carbocycles. The third-order valence-electron chi connectivity index (χ3n) is 2.37. The third-order valence-corrected chi connectivity index (χ3v) is 2.37. The molecular formula is C13H26N2O3. The number of carbonyl (C=O) groups excluding carboxylic acids is 2. The van der Waals surface area contributed by atoms with Gasteiger partial charge >= 0.3 is 5.97 Å². The molecule has 0 fully saturated rings. The van der Waals surface area contributed by atoms with Gasteiger partial charge in [0.05, 0.1) is 6.04 Å². The Morgan fingerprint density at radius 1 is 1.11 bits per heavy atom. The van der Waals surface area contributed by atoms with Crippen molar-refractivity contribution < 1.29 is 14.3 Å². The summed E-state index contributed by atoms with van der Waals surface area (Å²) >= 11 is 0. The minimum Gasteiger partial charge on any atom is -0.458 e. The molecule has 1 amide bonds. The van der Waals surface area contributed by atoms with E-state index in [2.05, 4.69) is 5.32 Å². The molecule has 0 radical (unpaired) electrons. The molecule has 0 aromatic heterocycles. The summed E-state index contributed by atoms with van der Waals surface area (Å²) in [5.41, 5.74) is 4.06. The van der Waals surface area contributed by atoms with Crippen molar-refractivity contribution in [2.45, 2.75) is 65.6 Å². The van der Waals surface area contributed by atoms with Crippen molar-refractivity contribution in [3.63, 3.8) is 0 Å². The Morgan fingerprint density at radius 3 is 1.89 bits per heavy atom. The van der Waals surface area contributed by atoms with Crippen molar-refractivity contribution in [1.29, 1.82) is 0 Å². The van der Waals surface area contributed by atoms with E-state index >= 15 is 0 Å². The van der Waals surface area contributed by atoms with E-state index in [0.29, 0.717) is 0 Å². The predicted molar refractivity (Wildman–Crippen MR) is 70.9 cm³/mol. The zero-order valence-corrected chi connectivity index (χ0v) is 12.5. The first kappa shape index (κ1) is 16.9. The fraction of sp³-hybridized carbons (Fsp3) is 0.846. The molecule has 0 unspecified atom stereocenters. The van der Waals surface area contributed by atoms with Gasteiger partial charge in [0.2, 0.25) is 5.91 Å². The summed E-state index contributed by atoms with van der Waals surface area (Å²) in [6.07, 6.45) is 0. The average molecular weight is 258 g/mol. The number of rotatable bonds is 4. The highest BCUT2D eigenvalue weighted by atomic mass is 16.6. The Bertz CT molecular complexity index is 317. The van der Waals surface area contributed by atoms with E-state index in [-0.39, 0.29) is 11.8 Å². The zero-order chi connectivity index (χ0) is 14.7. The molecule has 5 heteroatoms. The molecule has 0 aromatic rings. The van der Waals surface area contributed by atoms with Gasteiger partial charge in [-0.25, -0.2) is 4.79 Å². The summed E-state index contributed by atoms with van der Waals surface area (Å²) in [5.74, 6) is -0.806. The Labute approximate surface area is 109 Å². The van der Waals surface area contributed by atoms with E-state index in [1.165, 1.54) is 0 Å². The molecule has 18 heavy (non-hydrogen) atoms. The Balaban J connectivity index is 4.66. The molecule has 0 rings (SSSR count). The highest BCUT2D eigenvalue weighted by Gasteiger charge is 2.35. The number of nitrogens with two attached hydrogens (primary N) is 1. The highest BCUT2D eigenvalue weighted by Crippen LogP contribution is 2.14. The molecule has 5 nitrogen and oxygen atoms in total. The summed E-state index contributed by atoms with van der Waals surface area (Å²) in [6.45, 7) is 12.3. The van der Waals surface area contributed by atoms with Gasteiger partial charge < -0.3 is 15.8 Å². The summed E-state index contributed by atoms with van der Waals surface area (Å²) in [5, 5.41) is 2.62. The third kappa shape index (κ3) is 5.49. The fourth-order valence-corrected chi connectivity index (χ4v) is 1.15. The van der Waals surface area contributed by atoms with E-state index in [1.807, 2.05) is 13.8 Å². The summed E-state index contributed by atoms with van der Waals surface area (Å²) in [4.78, 5) is 23.8. The first-order valence-electron chi connectivity index (χ1n) is 6.18. The molecule has 106 valence electrons. The molecule has 0 heterocycles. The van der Waals surface area contributed by atoms with Crippen molar-refractivity contribution in [3.05, 3.63) is 0 Å². The van der Waals surface area contributed by atoms with Crippen molar-refractivity contribution in [2.75, 3.05) is 0 Å². The maximum atomic E-state index is 11.9. The van der Waals surface area contributed by atoms with Gasteiger partial charge in [-0.05, 0) is 40.5 Å². The second-order valence-corrected chi connectivity index (χ2v) is 6.39. The Kier molecular flexibility index (Phi) is 5.35. The zero-order valence-electron chi connectivity index (χ0n) is 12.5. The van der Waals surface area contributed by atoms with Gasteiger partial charge in [-0.3, -0.25) is 4.79 Å². The van der Waals surface area contributed by atoms with Crippen LogP contribution in [-0.2, 0) is 14.3 Å². The van der Waals surface area contributed by atoms with Gasteiger partial charge in [0.1, 0.15) is 11.1 Å². The van der Waals surface area contributed by atoms with Gasteiger partial charge in [0.15, 0.2) is 0 Å². The highest BCUT2D eigenvalue weighted by molar-refractivity contribution is 5.89. The standard InChI is InChI=1S/C13H26N2O3/c1-8(2)9(14)10(16)15-13(6,7)11(17)18-12(3,4)5/h8-9H,14H2,1-7H3,(H,15,16)/t9-/m0/s1. The van der Waals surface area contributed by atoms with Gasteiger partial charge in [-0.15, -0.1) is 0 Å². The molecule has 0 aliphatic rings. The maximum Gasteiger partial charge on any atom is 0.331 e. The van der Waals surface area contributed by atoms with Gasteiger partial charge in [-0.2, -0.15) is 0 Å². The number of hydrogen-bond acceptors (Lipinski definition) is 4. The monoisotopic (exact) mass is 258 g/mol. The molecule has 0 spiro atoms. The number of hydrogen-bond donors (Lipinski definition) is 2. The van der Waals surface area contributed by atoms with Crippen LogP contribution >= 0.6 is 0 Å². The number of ether oxygens (including phenoxy) is 1. The SMILES string of the molecule is CC(C)[C@H](N)C(=O)NC(C)(C)C(=O)OC(C)(C)C. The lowest BCUT2D eigenvalue weighted by Gasteiger charge is -2.30. The molecular weight excluding hydrogens is 232 g/mol. The van der Waals surface area contributed by atoms with E-state index < -0.39 is 23.2 Å². The first-order chi connectivity index (χ1) is 7.87. The van der Waals surface area contributed by atoms with Gasteiger partial charge in [0, 0.05) is 0 Å². The van der Waals surface area contributed by atoms with Crippen LogP contribution in [0.1, 0.15) is 48.5 Å². The smallest absolute Gasteiger partial charge is 0.331 e. The van der Waals surface area contributed by atoms with Gasteiger partial charge in [-0.1, -0.05) is 13.8 Å². The van der Waals surface area contributed by atoms with E-state index in [9.17, 15) is 9.59 Å². The lowest BCUT2D eigenvalue weighted by atomic mass is 10.0. The summed E-state index contributed by atoms with van der Waals surface area (Å²) in [7, 11) is 0. The van der Waals surface area contributed by atoms with E-state index in [4.69, 9.17) is 10.5 Å². The quantitative estimate of drug-likeness (QED) is 0.743. The van der Waals surface area contributed by atoms with Crippen LogP contribution in [0, 0.1) is 5.92 Å². The summed E-state index contributed by atoms with van der Waals surface area (Å²) in [6, 6.07) is -0.633.